The normalized spacial score (nSPS) is 15.8. The summed E-state index contributed by atoms with van der Waals surface area (Å²) in [5.41, 5.74) is 0.386. The van der Waals surface area contributed by atoms with Gasteiger partial charge in [0.2, 0.25) is 15.9 Å². The van der Waals surface area contributed by atoms with E-state index in [1.165, 1.54) is 18.2 Å². The zero-order chi connectivity index (χ0) is 21.4. The van der Waals surface area contributed by atoms with Crippen LogP contribution in [-0.4, -0.2) is 69.5 Å². The minimum absolute atomic E-state index is 0.0488. The van der Waals surface area contributed by atoms with Gasteiger partial charge in [0, 0.05) is 38.3 Å². The number of sulfonamides is 1. The number of anilines is 1. The van der Waals surface area contributed by atoms with Crippen molar-refractivity contribution in [2.45, 2.75) is 31.6 Å². The highest BCUT2D eigenvalue weighted by Gasteiger charge is 2.20. The zero-order valence-corrected chi connectivity index (χ0v) is 17.8. The maximum atomic E-state index is 12.2. The summed E-state index contributed by atoms with van der Waals surface area (Å²) in [6.07, 6.45) is 0.791. The number of primary sulfonamides is 1. The van der Waals surface area contributed by atoms with Gasteiger partial charge < -0.3 is 19.9 Å². The molecule has 1 heterocycles. The molecule has 1 saturated heterocycles. The number of benzene rings is 1. The predicted molar refractivity (Wildman–Crippen MR) is 110 cm³/mol. The second-order valence-electron chi connectivity index (χ2n) is 7.52. The van der Waals surface area contributed by atoms with Crippen molar-refractivity contribution in [2.75, 3.05) is 44.6 Å². The van der Waals surface area contributed by atoms with Crippen LogP contribution in [-0.2, 0) is 19.6 Å². The molecular weight excluding hydrogens is 396 g/mol. The lowest BCUT2D eigenvalue weighted by molar-refractivity contribution is -0.116. The molecule has 3 N–H and O–H groups in total. The molecule has 0 radical (unpaired) electrons. The number of nitrogens with one attached hydrogen (secondary N) is 1. The van der Waals surface area contributed by atoms with E-state index in [2.05, 4.69) is 10.2 Å². The van der Waals surface area contributed by atoms with Gasteiger partial charge in [-0.2, -0.15) is 0 Å². The van der Waals surface area contributed by atoms with Crippen LogP contribution in [0.15, 0.2) is 29.2 Å². The van der Waals surface area contributed by atoms with E-state index >= 15 is 0 Å². The molecule has 10 heteroatoms. The second-order valence-corrected chi connectivity index (χ2v) is 9.09. The Balaban J connectivity index is 1.78. The Morgan fingerprint density at radius 2 is 1.97 bits per heavy atom. The quantitative estimate of drug-likeness (QED) is 0.681. The molecule has 1 aromatic carbocycles. The van der Waals surface area contributed by atoms with Crippen LogP contribution >= 0.6 is 0 Å². The van der Waals surface area contributed by atoms with Crippen LogP contribution in [0, 0.1) is 5.92 Å². The van der Waals surface area contributed by atoms with Crippen LogP contribution in [0.2, 0.25) is 0 Å². The molecule has 1 aliphatic heterocycles. The van der Waals surface area contributed by atoms with Crippen LogP contribution in [0.1, 0.15) is 26.7 Å². The lowest BCUT2D eigenvalue weighted by atomic mass is 10.2. The van der Waals surface area contributed by atoms with Crippen LogP contribution < -0.4 is 10.5 Å². The van der Waals surface area contributed by atoms with E-state index < -0.39 is 10.0 Å². The first-order valence-corrected chi connectivity index (χ1v) is 11.3. The number of nitrogens with two attached hydrogens (primary N) is 1. The molecule has 1 aliphatic rings. The van der Waals surface area contributed by atoms with Crippen molar-refractivity contribution >= 4 is 27.7 Å². The average molecular weight is 427 g/mol. The minimum Gasteiger partial charge on any atom is -0.449 e. The Kier molecular flexibility index (Phi) is 8.42. The number of carbonyl (C=O) groups is 2. The van der Waals surface area contributed by atoms with Crippen molar-refractivity contribution in [3.63, 3.8) is 0 Å². The number of nitrogens with zero attached hydrogens (tertiary/aromatic N) is 2. The number of rotatable bonds is 7. The summed E-state index contributed by atoms with van der Waals surface area (Å²) in [4.78, 5) is 28.1. The first kappa shape index (κ1) is 23.1. The molecule has 9 nitrogen and oxygen atoms in total. The van der Waals surface area contributed by atoms with E-state index in [4.69, 9.17) is 9.88 Å². The van der Waals surface area contributed by atoms with Gasteiger partial charge in [-0.05, 0) is 37.1 Å². The van der Waals surface area contributed by atoms with E-state index in [-0.39, 0.29) is 23.3 Å². The Labute approximate surface area is 172 Å². The highest BCUT2D eigenvalue weighted by atomic mass is 32.2. The third-order valence-corrected chi connectivity index (χ3v) is 5.40. The van der Waals surface area contributed by atoms with E-state index in [1.54, 1.807) is 11.0 Å². The minimum atomic E-state index is -3.82. The summed E-state index contributed by atoms with van der Waals surface area (Å²) in [7, 11) is -3.82. The fourth-order valence-corrected chi connectivity index (χ4v) is 3.50. The number of hydrogen-bond donors (Lipinski definition) is 2. The maximum absolute atomic E-state index is 12.2. The van der Waals surface area contributed by atoms with Crippen LogP contribution in [0.4, 0.5) is 10.5 Å². The molecule has 29 heavy (non-hydrogen) atoms. The molecule has 0 aromatic heterocycles. The Hall–Kier alpha value is -2.17. The largest absolute Gasteiger partial charge is 0.449 e. The van der Waals surface area contributed by atoms with Crippen LogP contribution in [0.5, 0.6) is 0 Å². The summed E-state index contributed by atoms with van der Waals surface area (Å²) in [6.45, 7) is 7.62. The second kappa shape index (κ2) is 10.6. The van der Waals surface area contributed by atoms with Crippen molar-refractivity contribution in [1.29, 1.82) is 0 Å². The van der Waals surface area contributed by atoms with Gasteiger partial charge in [-0.15, -0.1) is 0 Å². The van der Waals surface area contributed by atoms with Crippen LogP contribution in [0.25, 0.3) is 0 Å². The van der Waals surface area contributed by atoms with Crippen molar-refractivity contribution in [3.8, 4) is 0 Å². The van der Waals surface area contributed by atoms with Crippen LogP contribution in [0.3, 0.4) is 0 Å². The smallest absolute Gasteiger partial charge is 0.409 e. The van der Waals surface area contributed by atoms with E-state index in [1.807, 2.05) is 13.8 Å². The van der Waals surface area contributed by atoms with Gasteiger partial charge in [0.25, 0.3) is 0 Å². The van der Waals surface area contributed by atoms with Crippen molar-refractivity contribution in [3.05, 3.63) is 24.3 Å². The number of hydrogen-bond acceptors (Lipinski definition) is 6. The van der Waals surface area contributed by atoms with E-state index in [9.17, 15) is 18.0 Å². The van der Waals surface area contributed by atoms with Gasteiger partial charge in [-0.25, -0.2) is 18.4 Å². The molecule has 0 saturated carbocycles. The molecule has 1 aromatic rings. The van der Waals surface area contributed by atoms with Gasteiger partial charge in [0.15, 0.2) is 0 Å². The molecule has 2 amide bonds. The summed E-state index contributed by atoms with van der Waals surface area (Å²) < 4.78 is 28.1. The molecule has 1 fully saturated rings. The van der Waals surface area contributed by atoms with Gasteiger partial charge in [0.05, 0.1) is 11.5 Å². The molecule has 2 rings (SSSR count). The lowest BCUT2D eigenvalue weighted by Crippen LogP contribution is -2.36. The topological polar surface area (TPSA) is 122 Å². The van der Waals surface area contributed by atoms with Crippen molar-refractivity contribution < 1.29 is 22.7 Å². The third-order valence-electron chi connectivity index (χ3n) is 4.49. The molecule has 0 spiro atoms. The van der Waals surface area contributed by atoms with Crippen molar-refractivity contribution in [1.82, 2.24) is 9.80 Å². The fourth-order valence-electron chi connectivity index (χ4n) is 2.94. The average Bonchev–Trinajstić information content (AvgIpc) is 2.90. The van der Waals surface area contributed by atoms with E-state index in [0.29, 0.717) is 44.4 Å². The molecule has 0 bridgehead atoms. The fraction of sp³-hybridized carbons (Fsp3) is 0.579. The molecule has 0 unspecified atom stereocenters. The maximum Gasteiger partial charge on any atom is 0.409 e. The highest BCUT2D eigenvalue weighted by Crippen LogP contribution is 2.14. The van der Waals surface area contributed by atoms with E-state index in [0.717, 1.165) is 13.0 Å². The molecule has 0 atom stereocenters. The molecule has 0 aliphatic carbocycles. The monoisotopic (exact) mass is 426 g/mol. The van der Waals surface area contributed by atoms with Gasteiger partial charge in [-0.3, -0.25) is 4.79 Å². The number of amides is 2. The van der Waals surface area contributed by atoms with Crippen molar-refractivity contribution in [2.24, 2.45) is 11.1 Å². The first-order valence-electron chi connectivity index (χ1n) is 9.72. The SMILES string of the molecule is CC(C)COC(=O)N1CCCN(CCC(=O)Nc2cccc(S(N)(=O)=O)c2)CC1. The lowest BCUT2D eigenvalue weighted by Gasteiger charge is -2.22. The molecule has 162 valence electrons. The Bertz CT molecular complexity index is 813. The standard InChI is InChI=1S/C19H30N4O5S/c1-15(2)14-28-19(25)23-9-4-8-22(11-12-23)10-7-18(24)21-16-5-3-6-17(13-16)29(20,26)27/h3,5-6,13,15H,4,7-12,14H2,1-2H3,(H,21,24)(H2,20,26,27). The summed E-state index contributed by atoms with van der Waals surface area (Å²) in [5.74, 6) is 0.0839. The summed E-state index contributed by atoms with van der Waals surface area (Å²) >= 11 is 0. The Morgan fingerprint density at radius 3 is 2.66 bits per heavy atom. The van der Waals surface area contributed by atoms with Gasteiger partial charge >= 0.3 is 6.09 Å². The first-order chi connectivity index (χ1) is 13.6. The highest BCUT2D eigenvalue weighted by molar-refractivity contribution is 7.89. The summed E-state index contributed by atoms with van der Waals surface area (Å²) in [5, 5.41) is 7.80. The molecular formula is C19H30N4O5S. The number of ether oxygens (including phenoxy) is 1. The predicted octanol–water partition coefficient (Wildman–Crippen LogP) is 1.46. The third kappa shape index (κ3) is 8.00. The van der Waals surface area contributed by atoms with Gasteiger partial charge in [0.1, 0.15) is 0 Å². The number of carbonyl (C=O) groups excluding carboxylic acids is 2. The van der Waals surface area contributed by atoms with Gasteiger partial charge in [-0.1, -0.05) is 19.9 Å². The Morgan fingerprint density at radius 1 is 1.21 bits per heavy atom. The zero-order valence-electron chi connectivity index (χ0n) is 17.0. The summed E-state index contributed by atoms with van der Waals surface area (Å²) in [6, 6.07) is 5.84.